The topological polar surface area (TPSA) is 28.7 Å². The summed E-state index contributed by atoms with van der Waals surface area (Å²) < 4.78 is 38.1. The van der Waals surface area contributed by atoms with Crippen molar-refractivity contribution in [3.05, 3.63) is 46.4 Å². The molecule has 0 spiro atoms. The monoisotopic (exact) mass is 298 g/mol. The Morgan fingerprint density at radius 3 is 2.65 bits per heavy atom. The van der Waals surface area contributed by atoms with E-state index >= 15 is 0 Å². The van der Waals surface area contributed by atoms with Crippen LogP contribution < -0.4 is 0 Å². The fourth-order valence-electron chi connectivity index (χ4n) is 1.93. The van der Waals surface area contributed by atoms with Crippen LogP contribution in [0.5, 0.6) is 0 Å². The normalized spacial score (nSPS) is 11.6. The van der Waals surface area contributed by atoms with Gasteiger partial charge in [-0.05, 0) is 36.3 Å². The lowest BCUT2D eigenvalue weighted by molar-refractivity contribution is -0.141. The zero-order valence-electron chi connectivity index (χ0n) is 10.8. The van der Waals surface area contributed by atoms with Crippen molar-refractivity contribution in [2.45, 2.75) is 25.9 Å². The summed E-state index contributed by atoms with van der Waals surface area (Å²) in [6, 6.07) is 8.33. The van der Waals surface area contributed by atoms with E-state index in [2.05, 4.69) is 9.97 Å². The quantitative estimate of drug-likeness (QED) is 0.826. The molecule has 0 amide bonds. The van der Waals surface area contributed by atoms with Crippen LogP contribution in [0.3, 0.4) is 0 Å². The fourth-order valence-corrected chi connectivity index (χ4v) is 2.14. The minimum atomic E-state index is -4.47. The van der Waals surface area contributed by atoms with Crippen molar-refractivity contribution in [3.63, 3.8) is 0 Å². The maximum atomic E-state index is 12.8. The highest BCUT2D eigenvalue weighted by Gasteiger charge is 2.32. The van der Waals surface area contributed by atoms with Gasteiger partial charge >= 0.3 is 6.18 Å². The van der Waals surface area contributed by atoms with E-state index in [9.17, 15) is 13.2 Å². The molecule has 0 unspecified atom stereocenters. The van der Waals surface area contributed by atoms with Crippen LogP contribution in [0, 0.1) is 4.77 Å². The number of hydrogen-bond acceptors (Lipinski definition) is 2. The highest BCUT2D eigenvalue weighted by molar-refractivity contribution is 7.71. The maximum Gasteiger partial charge on any atom is 0.431 e. The molecule has 0 atom stereocenters. The predicted octanol–water partition coefficient (Wildman–Crippen LogP) is 4.78. The van der Waals surface area contributed by atoms with Crippen molar-refractivity contribution in [2.24, 2.45) is 0 Å². The average molecular weight is 298 g/mol. The van der Waals surface area contributed by atoms with Gasteiger partial charge in [0.15, 0.2) is 4.77 Å². The lowest BCUT2D eigenvalue weighted by atomic mass is 10.0. The Bertz CT molecular complexity index is 662. The van der Waals surface area contributed by atoms with Gasteiger partial charge in [-0.25, -0.2) is 4.98 Å². The minimum absolute atomic E-state index is 0.171. The molecule has 0 bridgehead atoms. The first-order valence-corrected chi connectivity index (χ1v) is 6.59. The van der Waals surface area contributed by atoms with Crippen LogP contribution in [-0.2, 0) is 12.6 Å². The largest absolute Gasteiger partial charge is 0.431 e. The Morgan fingerprint density at radius 1 is 1.25 bits per heavy atom. The highest BCUT2D eigenvalue weighted by Crippen LogP contribution is 2.30. The summed E-state index contributed by atoms with van der Waals surface area (Å²) in [4.78, 5) is 6.05. The van der Waals surface area contributed by atoms with E-state index < -0.39 is 11.9 Å². The summed E-state index contributed by atoms with van der Waals surface area (Å²) in [6.45, 7) is 2.05. The molecule has 0 fully saturated rings. The van der Waals surface area contributed by atoms with Crippen LogP contribution in [0.15, 0.2) is 30.3 Å². The molecule has 1 aromatic heterocycles. The number of aromatic nitrogens is 2. The SMILES string of the molecule is CCCc1cccc(-c2cc(C(F)(F)F)[nH]c(=S)n2)c1. The molecule has 2 aromatic rings. The Morgan fingerprint density at radius 2 is 2.00 bits per heavy atom. The number of rotatable bonds is 3. The number of nitrogens with zero attached hydrogens (tertiary/aromatic N) is 1. The van der Waals surface area contributed by atoms with Crippen molar-refractivity contribution >= 4 is 12.2 Å². The number of nitrogens with one attached hydrogen (secondary N) is 1. The molecule has 0 saturated carbocycles. The molecule has 1 aromatic carbocycles. The van der Waals surface area contributed by atoms with Crippen LogP contribution in [0.1, 0.15) is 24.6 Å². The maximum absolute atomic E-state index is 12.8. The van der Waals surface area contributed by atoms with Crippen LogP contribution in [0.4, 0.5) is 13.2 Å². The van der Waals surface area contributed by atoms with Gasteiger partial charge in [0.25, 0.3) is 0 Å². The first-order valence-electron chi connectivity index (χ1n) is 6.18. The second kappa shape index (κ2) is 5.75. The van der Waals surface area contributed by atoms with Crippen LogP contribution in [0.2, 0.25) is 0 Å². The van der Waals surface area contributed by atoms with Crippen molar-refractivity contribution in [3.8, 4) is 11.3 Å². The van der Waals surface area contributed by atoms with Gasteiger partial charge in [0.1, 0.15) is 5.69 Å². The molecule has 0 aliphatic rings. The van der Waals surface area contributed by atoms with Gasteiger partial charge in [0.05, 0.1) is 5.69 Å². The molecular weight excluding hydrogens is 285 g/mol. The zero-order valence-corrected chi connectivity index (χ0v) is 11.6. The van der Waals surface area contributed by atoms with Gasteiger partial charge in [-0.1, -0.05) is 31.5 Å². The molecule has 1 N–H and O–H groups in total. The number of H-pyrrole nitrogens is 1. The van der Waals surface area contributed by atoms with E-state index in [0.717, 1.165) is 24.5 Å². The average Bonchev–Trinajstić information content (AvgIpc) is 2.38. The van der Waals surface area contributed by atoms with Crippen molar-refractivity contribution < 1.29 is 13.2 Å². The lowest BCUT2D eigenvalue weighted by Crippen LogP contribution is -2.09. The number of alkyl halides is 3. The summed E-state index contributed by atoms with van der Waals surface area (Å²) in [5, 5.41) is 0. The lowest BCUT2D eigenvalue weighted by Gasteiger charge is -2.09. The second-order valence-corrected chi connectivity index (χ2v) is 4.82. The number of benzene rings is 1. The van der Waals surface area contributed by atoms with E-state index in [0.29, 0.717) is 5.56 Å². The van der Waals surface area contributed by atoms with Crippen molar-refractivity contribution in [2.75, 3.05) is 0 Å². The van der Waals surface area contributed by atoms with Gasteiger partial charge in [0, 0.05) is 5.56 Å². The summed E-state index contributed by atoms with van der Waals surface area (Å²) in [7, 11) is 0. The van der Waals surface area contributed by atoms with E-state index in [-0.39, 0.29) is 10.5 Å². The molecule has 0 saturated heterocycles. The third-order valence-electron chi connectivity index (χ3n) is 2.81. The van der Waals surface area contributed by atoms with Crippen molar-refractivity contribution in [1.82, 2.24) is 9.97 Å². The second-order valence-electron chi connectivity index (χ2n) is 4.43. The smallest absolute Gasteiger partial charge is 0.327 e. The molecular formula is C14H13F3N2S. The number of aryl methyl sites for hydroxylation is 1. The summed E-state index contributed by atoms with van der Waals surface area (Å²) in [5.41, 5.74) is 1.06. The van der Waals surface area contributed by atoms with Crippen LogP contribution in [-0.4, -0.2) is 9.97 Å². The molecule has 2 nitrogen and oxygen atoms in total. The number of aromatic amines is 1. The Kier molecular flexibility index (Phi) is 4.23. The molecule has 0 radical (unpaired) electrons. The first-order chi connectivity index (χ1) is 9.40. The van der Waals surface area contributed by atoms with E-state index in [1.54, 1.807) is 6.07 Å². The van der Waals surface area contributed by atoms with Gasteiger partial charge in [-0.3, -0.25) is 0 Å². The third-order valence-corrected chi connectivity index (χ3v) is 3.00. The van der Waals surface area contributed by atoms with E-state index in [1.807, 2.05) is 25.1 Å². The summed E-state index contributed by atoms with van der Waals surface area (Å²) in [5.74, 6) is 0. The third kappa shape index (κ3) is 3.45. The first kappa shape index (κ1) is 14.7. The number of halogens is 3. The standard InChI is InChI=1S/C14H13F3N2S/c1-2-4-9-5-3-6-10(7-9)11-8-12(14(15,16)17)19-13(20)18-11/h3,5-8H,2,4H2,1H3,(H,18,19,20). The van der Waals surface area contributed by atoms with E-state index in [4.69, 9.17) is 12.2 Å². The molecule has 106 valence electrons. The number of hydrogen-bond donors (Lipinski definition) is 1. The molecule has 6 heteroatoms. The van der Waals surface area contributed by atoms with Crippen LogP contribution in [0.25, 0.3) is 11.3 Å². The minimum Gasteiger partial charge on any atom is -0.327 e. The van der Waals surface area contributed by atoms with Crippen LogP contribution >= 0.6 is 12.2 Å². The fraction of sp³-hybridized carbons (Fsp3) is 0.286. The molecule has 1 heterocycles. The van der Waals surface area contributed by atoms with Gasteiger partial charge in [-0.2, -0.15) is 13.2 Å². The Hall–Kier alpha value is -1.69. The zero-order chi connectivity index (χ0) is 14.8. The van der Waals surface area contributed by atoms with E-state index in [1.165, 1.54) is 0 Å². The molecule has 0 aliphatic heterocycles. The molecule has 0 aliphatic carbocycles. The summed E-state index contributed by atoms with van der Waals surface area (Å²) >= 11 is 4.77. The predicted molar refractivity (Wildman–Crippen MR) is 73.9 cm³/mol. The summed E-state index contributed by atoms with van der Waals surface area (Å²) in [6.07, 6.45) is -2.62. The molecule has 20 heavy (non-hydrogen) atoms. The Balaban J connectivity index is 2.50. The van der Waals surface area contributed by atoms with Gasteiger partial charge in [-0.15, -0.1) is 0 Å². The Labute approximate surface area is 119 Å². The molecule has 2 rings (SSSR count). The van der Waals surface area contributed by atoms with Crippen molar-refractivity contribution in [1.29, 1.82) is 0 Å². The highest BCUT2D eigenvalue weighted by atomic mass is 32.1. The van der Waals surface area contributed by atoms with Gasteiger partial charge < -0.3 is 4.98 Å². The van der Waals surface area contributed by atoms with Gasteiger partial charge in [0.2, 0.25) is 0 Å².